The number of carbonyl (C=O) groups excluding carboxylic acids is 1. The predicted molar refractivity (Wildman–Crippen MR) is 92.7 cm³/mol. The molecule has 0 aliphatic heterocycles. The van der Waals surface area contributed by atoms with E-state index in [1.165, 1.54) is 0 Å². The molecule has 0 fully saturated rings. The number of amides is 2. The van der Waals surface area contributed by atoms with E-state index in [0.717, 1.165) is 5.00 Å². The van der Waals surface area contributed by atoms with E-state index in [4.69, 9.17) is 4.74 Å². The van der Waals surface area contributed by atoms with Crippen molar-refractivity contribution in [3.05, 3.63) is 53.7 Å². The first-order valence-corrected chi connectivity index (χ1v) is 8.36. The summed E-state index contributed by atoms with van der Waals surface area (Å²) in [5.41, 5.74) is 1.30. The SMILES string of the molecule is CCOc1ccccc1NC(=O)NCc1cn(-c2cccs2)nn1. The third-order valence-corrected chi connectivity index (χ3v) is 4.00. The predicted octanol–water partition coefficient (Wildman–Crippen LogP) is 3.05. The molecular weight excluding hydrogens is 326 g/mol. The van der Waals surface area contributed by atoms with Crippen LogP contribution in [0.1, 0.15) is 12.6 Å². The van der Waals surface area contributed by atoms with Crippen LogP contribution in [0.2, 0.25) is 0 Å². The van der Waals surface area contributed by atoms with E-state index in [9.17, 15) is 4.79 Å². The number of ether oxygens (including phenoxy) is 1. The maximum Gasteiger partial charge on any atom is 0.319 e. The lowest BCUT2D eigenvalue weighted by molar-refractivity contribution is 0.251. The molecule has 0 radical (unpaired) electrons. The average Bonchev–Trinajstić information content (AvgIpc) is 3.26. The molecule has 0 aliphatic carbocycles. The molecule has 0 aliphatic rings. The Kier molecular flexibility index (Phi) is 5.07. The van der Waals surface area contributed by atoms with Crippen molar-refractivity contribution in [2.45, 2.75) is 13.5 Å². The third-order valence-electron chi connectivity index (χ3n) is 3.14. The average molecular weight is 343 g/mol. The lowest BCUT2D eigenvalue weighted by Crippen LogP contribution is -2.28. The van der Waals surface area contributed by atoms with Crippen LogP contribution in [0.25, 0.3) is 5.00 Å². The number of para-hydroxylation sites is 2. The molecule has 0 saturated carbocycles. The van der Waals surface area contributed by atoms with Crippen molar-refractivity contribution in [3.63, 3.8) is 0 Å². The highest BCUT2D eigenvalue weighted by Crippen LogP contribution is 2.23. The first-order valence-electron chi connectivity index (χ1n) is 7.48. The summed E-state index contributed by atoms with van der Waals surface area (Å²) in [7, 11) is 0. The lowest BCUT2D eigenvalue weighted by Gasteiger charge is -2.11. The Morgan fingerprint density at radius 3 is 2.96 bits per heavy atom. The van der Waals surface area contributed by atoms with Gasteiger partial charge in [0, 0.05) is 0 Å². The van der Waals surface area contributed by atoms with E-state index in [-0.39, 0.29) is 12.6 Å². The molecular formula is C16H17N5O2S. The van der Waals surface area contributed by atoms with Crippen molar-refractivity contribution in [2.24, 2.45) is 0 Å². The summed E-state index contributed by atoms with van der Waals surface area (Å²) in [5, 5.41) is 16.6. The second kappa shape index (κ2) is 7.60. The fourth-order valence-electron chi connectivity index (χ4n) is 2.08. The zero-order chi connectivity index (χ0) is 16.8. The van der Waals surface area contributed by atoms with Gasteiger partial charge in [-0.15, -0.1) is 16.4 Å². The highest BCUT2D eigenvalue weighted by Gasteiger charge is 2.08. The Morgan fingerprint density at radius 1 is 1.29 bits per heavy atom. The molecule has 3 rings (SSSR count). The van der Waals surface area contributed by atoms with Crippen LogP contribution in [0.5, 0.6) is 5.75 Å². The van der Waals surface area contributed by atoms with Crippen molar-refractivity contribution < 1.29 is 9.53 Å². The number of aromatic nitrogens is 3. The highest BCUT2D eigenvalue weighted by atomic mass is 32.1. The van der Waals surface area contributed by atoms with Crippen molar-refractivity contribution in [2.75, 3.05) is 11.9 Å². The summed E-state index contributed by atoms with van der Waals surface area (Å²) in [6, 6.07) is 10.9. The molecule has 7 nitrogen and oxygen atoms in total. The zero-order valence-electron chi connectivity index (χ0n) is 13.1. The molecule has 2 amide bonds. The number of rotatable bonds is 6. The Labute approximate surface area is 143 Å². The highest BCUT2D eigenvalue weighted by molar-refractivity contribution is 7.12. The van der Waals surface area contributed by atoms with Gasteiger partial charge in [-0.1, -0.05) is 17.3 Å². The number of carbonyl (C=O) groups is 1. The maximum atomic E-state index is 12.0. The maximum absolute atomic E-state index is 12.0. The molecule has 8 heteroatoms. The van der Waals surface area contributed by atoms with Gasteiger partial charge in [-0.2, -0.15) is 0 Å². The van der Waals surface area contributed by atoms with Crippen molar-refractivity contribution in [1.29, 1.82) is 0 Å². The van der Waals surface area contributed by atoms with Gasteiger partial charge in [0.15, 0.2) is 0 Å². The molecule has 0 bridgehead atoms. The smallest absolute Gasteiger partial charge is 0.319 e. The first-order chi connectivity index (χ1) is 11.8. The second-order valence-corrected chi connectivity index (χ2v) is 5.77. The van der Waals surface area contributed by atoms with Crippen LogP contribution < -0.4 is 15.4 Å². The lowest BCUT2D eigenvalue weighted by atomic mass is 10.3. The summed E-state index contributed by atoms with van der Waals surface area (Å²) in [5.74, 6) is 0.638. The number of urea groups is 1. The van der Waals surface area contributed by atoms with Gasteiger partial charge in [0.1, 0.15) is 16.4 Å². The van der Waals surface area contributed by atoms with Gasteiger partial charge in [-0.3, -0.25) is 0 Å². The molecule has 0 saturated heterocycles. The fourth-order valence-corrected chi connectivity index (χ4v) is 2.73. The van der Waals surface area contributed by atoms with Crippen molar-refractivity contribution in [3.8, 4) is 10.8 Å². The van der Waals surface area contributed by atoms with Gasteiger partial charge in [0.2, 0.25) is 0 Å². The third kappa shape index (κ3) is 3.90. The molecule has 0 atom stereocenters. The van der Waals surface area contributed by atoms with Crippen LogP contribution in [0.3, 0.4) is 0 Å². The Morgan fingerprint density at radius 2 is 2.17 bits per heavy atom. The number of hydrogen-bond acceptors (Lipinski definition) is 5. The van der Waals surface area contributed by atoms with Gasteiger partial charge in [0.25, 0.3) is 0 Å². The number of thiophene rings is 1. The molecule has 2 aromatic heterocycles. The number of nitrogens with one attached hydrogen (secondary N) is 2. The molecule has 1 aromatic carbocycles. The van der Waals surface area contributed by atoms with Crippen molar-refractivity contribution in [1.82, 2.24) is 20.3 Å². The van der Waals surface area contributed by atoms with E-state index in [2.05, 4.69) is 20.9 Å². The number of benzene rings is 1. The van der Waals surface area contributed by atoms with Gasteiger partial charge < -0.3 is 15.4 Å². The van der Waals surface area contributed by atoms with E-state index in [0.29, 0.717) is 23.7 Å². The molecule has 0 spiro atoms. The van der Waals surface area contributed by atoms with Crippen LogP contribution in [-0.4, -0.2) is 27.6 Å². The largest absolute Gasteiger partial charge is 0.492 e. The topological polar surface area (TPSA) is 81.1 Å². The normalized spacial score (nSPS) is 10.4. The van der Waals surface area contributed by atoms with Crippen LogP contribution in [0, 0.1) is 0 Å². The number of hydrogen-bond donors (Lipinski definition) is 2. The Balaban J connectivity index is 1.56. The van der Waals surface area contributed by atoms with Crippen LogP contribution in [0.4, 0.5) is 10.5 Å². The van der Waals surface area contributed by atoms with Gasteiger partial charge >= 0.3 is 6.03 Å². The number of anilines is 1. The quantitative estimate of drug-likeness (QED) is 0.721. The van der Waals surface area contributed by atoms with E-state index >= 15 is 0 Å². The molecule has 24 heavy (non-hydrogen) atoms. The van der Waals surface area contributed by atoms with E-state index in [1.54, 1.807) is 28.3 Å². The molecule has 3 aromatic rings. The summed E-state index contributed by atoms with van der Waals surface area (Å²) in [6.45, 7) is 2.72. The van der Waals surface area contributed by atoms with E-state index < -0.39 is 0 Å². The van der Waals surface area contributed by atoms with Gasteiger partial charge in [-0.25, -0.2) is 9.48 Å². The summed E-state index contributed by atoms with van der Waals surface area (Å²) in [6.07, 6.45) is 1.79. The first kappa shape index (κ1) is 16.0. The zero-order valence-corrected chi connectivity index (χ0v) is 13.9. The van der Waals surface area contributed by atoms with Crippen LogP contribution in [-0.2, 0) is 6.54 Å². The minimum atomic E-state index is -0.326. The van der Waals surface area contributed by atoms with Crippen LogP contribution >= 0.6 is 11.3 Å². The minimum Gasteiger partial charge on any atom is -0.492 e. The summed E-state index contributed by atoms with van der Waals surface area (Å²) in [4.78, 5) is 12.0. The number of nitrogens with zero attached hydrogens (tertiary/aromatic N) is 3. The standard InChI is InChI=1S/C16H17N5O2S/c1-2-23-14-7-4-3-6-13(14)18-16(22)17-10-12-11-21(20-19-12)15-8-5-9-24-15/h3-9,11H,2,10H2,1H3,(H2,17,18,22). The fraction of sp³-hybridized carbons (Fsp3) is 0.188. The van der Waals surface area contributed by atoms with Crippen LogP contribution in [0.15, 0.2) is 48.0 Å². The van der Waals surface area contributed by atoms with Gasteiger partial charge in [0.05, 0.1) is 25.0 Å². The van der Waals surface area contributed by atoms with Crippen molar-refractivity contribution >= 4 is 23.1 Å². The summed E-state index contributed by atoms with van der Waals surface area (Å²) >= 11 is 1.57. The Hall–Kier alpha value is -2.87. The summed E-state index contributed by atoms with van der Waals surface area (Å²) < 4.78 is 7.16. The van der Waals surface area contributed by atoms with Gasteiger partial charge in [-0.05, 0) is 36.6 Å². The monoisotopic (exact) mass is 343 g/mol. The Bertz CT molecular complexity index is 800. The van der Waals surface area contributed by atoms with E-state index in [1.807, 2.05) is 42.6 Å². The molecule has 2 heterocycles. The minimum absolute atomic E-state index is 0.286. The molecule has 124 valence electrons. The second-order valence-electron chi connectivity index (χ2n) is 4.84. The molecule has 2 N–H and O–H groups in total. The molecule has 0 unspecified atom stereocenters.